The van der Waals surface area contributed by atoms with E-state index >= 15 is 0 Å². The monoisotopic (exact) mass is 303 g/mol. The standard InChI is InChI=1S/C17H21NO4/c1-4-20-15-7-5-6-8-16(15)21-12-17(19)18(3)11-14-10-9-13(2)22-14/h5-10H,4,11-12H2,1-3H3. The van der Waals surface area contributed by atoms with E-state index in [2.05, 4.69) is 0 Å². The van der Waals surface area contributed by atoms with Crippen LogP contribution in [0, 0.1) is 6.92 Å². The first-order valence-corrected chi connectivity index (χ1v) is 7.24. The van der Waals surface area contributed by atoms with Gasteiger partial charge in [0.05, 0.1) is 13.2 Å². The third-order valence-electron chi connectivity index (χ3n) is 3.11. The largest absolute Gasteiger partial charge is 0.490 e. The normalized spacial score (nSPS) is 10.3. The molecule has 0 atom stereocenters. The van der Waals surface area contributed by atoms with Crippen molar-refractivity contribution in [1.82, 2.24) is 4.90 Å². The number of likely N-dealkylation sites (N-methyl/N-ethyl adjacent to an activating group) is 1. The van der Waals surface area contributed by atoms with Gasteiger partial charge < -0.3 is 18.8 Å². The van der Waals surface area contributed by atoms with Gasteiger partial charge in [0.2, 0.25) is 0 Å². The van der Waals surface area contributed by atoms with Gasteiger partial charge in [0.1, 0.15) is 11.5 Å². The molecular weight excluding hydrogens is 282 g/mol. The van der Waals surface area contributed by atoms with Crippen LogP contribution in [-0.4, -0.2) is 31.1 Å². The van der Waals surface area contributed by atoms with E-state index in [0.717, 1.165) is 11.5 Å². The van der Waals surface area contributed by atoms with E-state index in [-0.39, 0.29) is 12.5 Å². The summed E-state index contributed by atoms with van der Waals surface area (Å²) in [6.07, 6.45) is 0. The summed E-state index contributed by atoms with van der Waals surface area (Å²) in [4.78, 5) is 13.7. The zero-order valence-corrected chi connectivity index (χ0v) is 13.2. The SMILES string of the molecule is CCOc1ccccc1OCC(=O)N(C)Cc1ccc(C)o1. The summed E-state index contributed by atoms with van der Waals surface area (Å²) in [6, 6.07) is 11.1. The second-order valence-electron chi connectivity index (χ2n) is 4.93. The minimum atomic E-state index is -0.125. The molecule has 0 aliphatic carbocycles. The number of hydrogen-bond donors (Lipinski definition) is 0. The minimum Gasteiger partial charge on any atom is -0.490 e. The van der Waals surface area contributed by atoms with E-state index in [1.807, 2.05) is 44.2 Å². The molecule has 1 aromatic heterocycles. The van der Waals surface area contributed by atoms with Crippen molar-refractivity contribution in [2.45, 2.75) is 20.4 Å². The molecule has 5 nitrogen and oxygen atoms in total. The molecule has 0 radical (unpaired) electrons. The summed E-state index contributed by atoms with van der Waals surface area (Å²) in [6.45, 7) is 4.70. The average Bonchev–Trinajstić information content (AvgIpc) is 2.91. The summed E-state index contributed by atoms with van der Waals surface area (Å²) in [5, 5.41) is 0. The molecule has 0 unspecified atom stereocenters. The summed E-state index contributed by atoms with van der Waals surface area (Å²) < 4.78 is 16.5. The fourth-order valence-corrected chi connectivity index (χ4v) is 1.99. The van der Waals surface area contributed by atoms with E-state index in [1.165, 1.54) is 0 Å². The highest BCUT2D eigenvalue weighted by Crippen LogP contribution is 2.26. The summed E-state index contributed by atoms with van der Waals surface area (Å²) in [5.74, 6) is 2.67. The van der Waals surface area contributed by atoms with Crippen LogP contribution in [0.3, 0.4) is 0 Å². The average molecular weight is 303 g/mol. The molecule has 5 heteroatoms. The van der Waals surface area contributed by atoms with Crippen LogP contribution in [0.2, 0.25) is 0 Å². The first-order chi connectivity index (χ1) is 10.6. The van der Waals surface area contributed by atoms with Gasteiger partial charge in [-0.15, -0.1) is 0 Å². The number of para-hydroxylation sites is 2. The van der Waals surface area contributed by atoms with Crippen molar-refractivity contribution in [1.29, 1.82) is 0 Å². The Balaban J connectivity index is 1.89. The molecule has 0 spiro atoms. The lowest BCUT2D eigenvalue weighted by molar-refractivity contribution is -0.132. The fraction of sp³-hybridized carbons (Fsp3) is 0.353. The van der Waals surface area contributed by atoms with E-state index in [9.17, 15) is 4.79 Å². The lowest BCUT2D eigenvalue weighted by atomic mass is 10.3. The number of nitrogens with zero attached hydrogens (tertiary/aromatic N) is 1. The number of carbonyl (C=O) groups excluding carboxylic acids is 1. The zero-order chi connectivity index (χ0) is 15.9. The van der Waals surface area contributed by atoms with Gasteiger partial charge in [0.25, 0.3) is 5.91 Å². The van der Waals surface area contributed by atoms with Crippen LogP contribution in [-0.2, 0) is 11.3 Å². The molecule has 118 valence electrons. The van der Waals surface area contributed by atoms with E-state index in [4.69, 9.17) is 13.9 Å². The topological polar surface area (TPSA) is 51.9 Å². The second kappa shape index (κ2) is 7.54. The Hall–Kier alpha value is -2.43. The summed E-state index contributed by atoms with van der Waals surface area (Å²) >= 11 is 0. The number of benzene rings is 1. The number of carbonyl (C=O) groups is 1. The van der Waals surface area contributed by atoms with Crippen LogP contribution in [0.25, 0.3) is 0 Å². The van der Waals surface area contributed by atoms with Crippen molar-refractivity contribution in [2.24, 2.45) is 0 Å². The Morgan fingerprint density at radius 2 is 1.82 bits per heavy atom. The number of hydrogen-bond acceptors (Lipinski definition) is 4. The molecule has 0 aliphatic heterocycles. The number of aryl methyl sites for hydroxylation is 1. The van der Waals surface area contributed by atoms with E-state index in [0.29, 0.717) is 24.7 Å². The molecule has 1 heterocycles. The van der Waals surface area contributed by atoms with Gasteiger partial charge in [-0.05, 0) is 38.1 Å². The lowest BCUT2D eigenvalue weighted by Gasteiger charge is -2.17. The van der Waals surface area contributed by atoms with Crippen LogP contribution >= 0.6 is 0 Å². The van der Waals surface area contributed by atoms with Gasteiger partial charge in [-0.2, -0.15) is 0 Å². The smallest absolute Gasteiger partial charge is 0.260 e. The van der Waals surface area contributed by atoms with Crippen molar-refractivity contribution in [3.8, 4) is 11.5 Å². The van der Waals surface area contributed by atoms with E-state index < -0.39 is 0 Å². The molecule has 0 fully saturated rings. The first kappa shape index (κ1) is 15.9. The maximum atomic E-state index is 12.1. The van der Waals surface area contributed by atoms with Crippen LogP contribution in [0.4, 0.5) is 0 Å². The molecule has 0 aliphatic rings. The Labute approximate surface area is 130 Å². The van der Waals surface area contributed by atoms with Gasteiger partial charge in [-0.25, -0.2) is 0 Å². The van der Waals surface area contributed by atoms with Crippen molar-refractivity contribution in [3.05, 3.63) is 47.9 Å². The fourth-order valence-electron chi connectivity index (χ4n) is 1.99. The molecule has 22 heavy (non-hydrogen) atoms. The third-order valence-corrected chi connectivity index (χ3v) is 3.11. The molecule has 1 amide bonds. The highest BCUT2D eigenvalue weighted by atomic mass is 16.5. The second-order valence-corrected chi connectivity index (χ2v) is 4.93. The molecule has 0 bridgehead atoms. The zero-order valence-electron chi connectivity index (χ0n) is 13.2. The number of amides is 1. The van der Waals surface area contributed by atoms with Crippen molar-refractivity contribution >= 4 is 5.91 Å². The molecule has 2 aromatic rings. The van der Waals surface area contributed by atoms with Gasteiger partial charge in [-0.1, -0.05) is 12.1 Å². The number of furan rings is 1. The van der Waals surface area contributed by atoms with E-state index in [1.54, 1.807) is 18.0 Å². The maximum Gasteiger partial charge on any atom is 0.260 e. The molecule has 2 rings (SSSR count). The Kier molecular flexibility index (Phi) is 5.47. The predicted molar refractivity (Wildman–Crippen MR) is 83.0 cm³/mol. The number of rotatable bonds is 7. The maximum absolute atomic E-state index is 12.1. The highest BCUT2D eigenvalue weighted by Gasteiger charge is 2.13. The van der Waals surface area contributed by atoms with Crippen molar-refractivity contribution in [2.75, 3.05) is 20.3 Å². The van der Waals surface area contributed by atoms with Crippen LogP contribution in [0.5, 0.6) is 11.5 Å². The highest BCUT2D eigenvalue weighted by molar-refractivity contribution is 5.77. The summed E-state index contributed by atoms with van der Waals surface area (Å²) in [7, 11) is 1.72. The molecule has 0 saturated carbocycles. The summed E-state index contributed by atoms with van der Waals surface area (Å²) in [5.41, 5.74) is 0. The van der Waals surface area contributed by atoms with Gasteiger partial charge >= 0.3 is 0 Å². The van der Waals surface area contributed by atoms with Crippen LogP contribution < -0.4 is 9.47 Å². The predicted octanol–water partition coefficient (Wildman–Crippen LogP) is 3.02. The van der Waals surface area contributed by atoms with Gasteiger partial charge in [-0.3, -0.25) is 4.79 Å². The first-order valence-electron chi connectivity index (χ1n) is 7.24. The van der Waals surface area contributed by atoms with Gasteiger partial charge in [0, 0.05) is 7.05 Å². The van der Waals surface area contributed by atoms with Crippen molar-refractivity contribution < 1.29 is 18.7 Å². The van der Waals surface area contributed by atoms with Gasteiger partial charge in [0.15, 0.2) is 18.1 Å². The minimum absolute atomic E-state index is 0.0414. The van der Waals surface area contributed by atoms with Crippen LogP contribution in [0.15, 0.2) is 40.8 Å². The lowest BCUT2D eigenvalue weighted by Crippen LogP contribution is -2.30. The third kappa shape index (κ3) is 4.28. The quantitative estimate of drug-likeness (QED) is 0.789. The molecule has 1 aromatic carbocycles. The molecule has 0 saturated heterocycles. The Morgan fingerprint density at radius 1 is 1.14 bits per heavy atom. The van der Waals surface area contributed by atoms with Crippen LogP contribution in [0.1, 0.15) is 18.4 Å². The molecule has 0 N–H and O–H groups in total. The Bertz CT molecular complexity index is 621. The Morgan fingerprint density at radius 3 is 2.41 bits per heavy atom. The van der Waals surface area contributed by atoms with Crippen molar-refractivity contribution in [3.63, 3.8) is 0 Å². The number of ether oxygens (including phenoxy) is 2. The molecular formula is C17H21NO4.